The van der Waals surface area contributed by atoms with Crippen LogP contribution in [0.4, 0.5) is 0 Å². The van der Waals surface area contributed by atoms with E-state index in [0.29, 0.717) is 13.0 Å². The van der Waals surface area contributed by atoms with E-state index < -0.39 is 21.9 Å². The summed E-state index contributed by atoms with van der Waals surface area (Å²) in [6.07, 6.45) is 0.525. The molecule has 3 rings (SSSR count). The first-order chi connectivity index (χ1) is 11.3. The zero-order valence-corrected chi connectivity index (χ0v) is 14.4. The maximum absolute atomic E-state index is 12.7. The van der Waals surface area contributed by atoms with Gasteiger partial charge in [0.1, 0.15) is 0 Å². The van der Waals surface area contributed by atoms with Crippen LogP contribution in [0.5, 0.6) is 0 Å². The third-order valence-corrected chi connectivity index (χ3v) is 6.31. The lowest BCUT2D eigenvalue weighted by Gasteiger charge is -2.33. The molecule has 1 N–H and O–H groups in total. The van der Waals surface area contributed by atoms with Crippen LogP contribution in [0.3, 0.4) is 0 Å². The van der Waals surface area contributed by atoms with Gasteiger partial charge in [0.05, 0.1) is 11.7 Å². The molecule has 0 radical (unpaired) electrons. The average molecular weight is 347 g/mol. The molecular formula is C18H21NO4S. The Bertz CT molecular complexity index is 862. The van der Waals surface area contributed by atoms with E-state index in [1.807, 2.05) is 49.4 Å². The molecule has 1 fully saturated rings. The van der Waals surface area contributed by atoms with Crippen molar-refractivity contribution in [2.45, 2.75) is 19.1 Å². The van der Waals surface area contributed by atoms with E-state index in [2.05, 4.69) is 0 Å². The lowest BCUT2D eigenvalue weighted by Crippen LogP contribution is -2.45. The molecule has 2 aromatic rings. The molecule has 5 nitrogen and oxygen atoms in total. The Morgan fingerprint density at radius 3 is 2.58 bits per heavy atom. The number of hydrogen-bond acceptors (Lipinski definition) is 3. The highest BCUT2D eigenvalue weighted by Crippen LogP contribution is 2.26. The first kappa shape index (κ1) is 16.9. The second kappa shape index (κ2) is 6.53. The van der Waals surface area contributed by atoms with E-state index >= 15 is 0 Å². The summed E-state index contributed by atoms with van der Waals surface area (Å²) in [5.41, 5.74) is 0.721. The van der Waals surface area contributed by atoms with Crippen molar-refractivity contribution in [2.24, 2.45) is 11.8 Å². The molecule has 1 aliphatic rings. The van der Waals surface area contributed by atoms with Gasteiger partial charge in [0.15, 0.2) is 0 Å². The zero-order valence-electron chi connectivity index (χ0n) is 13.6. The number of fused-ring (bicyclic) bond motifs is 1. The van der Waals surface area contributed by atoms with E-state index in [9.17, 15) is 18.3 Å². The summed E-state index contributed by atoms with van der Waals surface area (Å²) in [4.78, 5) is 11.3. The van der Waals surface area contributed by atoms with Gasteiger partial charge in [-0.05, 0) is 28.7 Å². The fourth-order valence-corrected chi connectivity index (χ4v) is 5.01. The second-order valence-electron chi connectivity index (χ2n) is 6.63. The van der Waals surface area contributed by atoms with Crippen molar-refractivity contribution in [1.82, 2.24) is 4.31 Å². The van der Waals surface area contributed by atoms with Gasteiger partial charge >= 0.3 is 5.97 Å². The van der Waals surface area contributed by atoms with Gasteiger partial charge < -0.3 is 5.11 Å². The molecule has 0 bridgehead atoms. The molecule has 1 aliphatic heterocycles. The van der Waals surface area contributed by atoms with Gasteiger partial charge in [-0.3, -0.25) is 4.79 Å². The zero-order chi connectivity index (χ0) is 17.3. The van der Waals surface area contributed by atoms with Crippen LogP contribution in [0.25, 0.3) is 10.8 Å². The quantitative estimate of drug-likeness (QED) is 0.923. The van der Waals surface area contributed by atoms with Crippen LogP contribution in [-0.4, -0.2) is 36.9 Å². The molecular weight excluding hydrogens is 326 g/mol. The van der Waals surface area contributed by atoms with Crippen LogP contribution in [-0.2, 0) is 20.6 Å². The summed E-state index contributed by atoms with van der Waals surface area (Å²) in [5, 5.41) is 11.3. The fraction of sp³-hybridized carbons (Fsp3) is 0.389. The van der Waals surface area contributed by atoms with Gasteiger partial charge in [0.25, 0.3) is 0 Å². The number of carbonyl (C=O) groups is 1. The molecule has 24 heavy (non-hydrogen) atoms. The van der Waals surface area contributed by atoms with Gasteiger partial charge in [-0.15, -0.1) is 0 Å². The average Bonchev–Trinajstić information content (AvgIpc) is 2.53. The summed E-state index contributed by atoms with van der Waals surface area (Å²) < 4.78 is 26.8. The SMILES string of the molecule is CC1CC(C(=O)O)CN(S(=O)(=O)Cc2ccc3ccccc3c2)C1. The number of piperidine rings is 1. The van der Waals surface area contributed by atoms with Crippen molar-refractivity contribution in [3.63, 3.8) is 0 Å². The number of carboxylic acids is 1. The van der Waals surface area contributed by atoms with Crippen LogP contribution in [0.1, 0.15) is 18.9 Å². The van der Waals surface area contributed by atoms with Gasteiger partial charge in [-0.25, -0.2) is 12.7 Å². The molecule has 2 atom stereocenters. The number of rotatable bonds is 4. The molecule has 0 saturated carbocycles. The summed E-state index contributed by atoms with van der Waals surface area (Å²) in [5.74, 6) is -1.60. The van der Waals surface area contributed by atoms with Crippen LogP contribution >= 0.6 is 0 Å². The Morgan fingerprint density at radius 1 is 1.17 bits per heavy atom. The fourth-order valence-electron chi connectivity index (χ4n) is 3.34. The lowest BCUT2D eigenvalue weighted by molar-refractivity contribution is -0.143. The number of sulfonamides is 1. The molecule has 1 heterocycles. The molecule has 0 aliphatic carbocycles. The topological polar surface area (TPSA) is 74.7 Å². The van der Waals surface area contributed by atoms with Gasteiger partial charge in [0, 0.05) is 13.1 Å². The standard InChI is InChI=1S/C18H21NO4S/c1-13-8-17(18(20)21)11-19(10-13)24(22,23)12-14-6-7-15-4-2-3-5-16(15)9-14/h2-7,9,13,17H,8,10-12H2,1H3,(H,20,21). The highest BCUT2D eigenvalue weighted by molar-refractivity contribution is 7.88. The monoisotopic (exact) mass is 347 g/mol. The second-order valence-corrected chi connectivity index (χ2v) is 8.60. The van der Waals surface area contributed by atoms with Crippen LogP contribution < -0.4 is 0 Å². The van der Waals surface area contributed by atoms with Crippen LogP contribution in [0.2, 0.25) is 0 Å². The molecule has 128 valence electrons. The minimum atomic E-state index is -3.53. The number of nitrogens with zero attached hydrogens (tertiary/aromatic N) is 1. The van der Waals surface area contributed by atoms with E-state index in [1.165, 1.54) is 4.31 Å². The number of aliphatic carboxylic acids is 1. The van der Waals surface area contributed by atoms with Gasteiger partial charge in [-0.2, -0.15) is 0 Å². The molecule has 0 aromatic heterocycles. The third kappa shape index (κ3) is 3.60. The van der Waals surface area contributed by atoms with E-state index in [4.69, 9.17) is 0 Å². The Hall–Kier alpha value is -1.92. The minimum absolute atomic E-state index is 0.0474. The summed E-state index contributed by atoms with van der Waals surface area (Å²) in [7, 11) is -3.53. The van der Waals surface area contributed by atoms with Crippen molar-refractivity contribution < 1.29 is 18.3 Å². The number of benzene rings is 2. The third-order valence-electron chi connectivity index (χ3n) is 4.53. The normalized spacial score (nSPS) is 22.5. The minimum Gasteiger partial charge on any atom is -0.481 e. The van der Waals surface area contributed by atoms with E-state index in [-0.39, 0.29) is 18.2 Å². The number of hydrogen-bond donors (Lipinski definition) is 1. The Kier molecular flexibility index (Phi) is 4.60. The van der Waals surface area contributed by atoms with Gasteiger partial charge in [0.2, 0.25) is 10.0 Å². The maximum Gasteiger partial charge on any atom is 0.307 e. The largest absolute Gasteiger partial charge is 0.481 e. The Balaban J connectivity index is 1.82. The summed E-state index contributed by atoms with van der Waals surface area (Å²) in [6, 6.07) is 13.4. The predicted octanol–water partition coefficient (Wildman–Crippen LogP) is 2.71. The highest BCUT2D eigenvalue weighted by Gasteiger charge is 2.35. The molecule has 0 amide bonds. The molecule has 2 unspecified atom stereocenters. The van der Waals surface area contributed by atoms with Crippen molar-refractivity contribution in [3.8, 4) is 0 Å². The van der Waals surface area contributed by atoms with E-state index in [1.54, 1.807) is 0 Å². The highest BCUT2D eigenvalue weighted by atomic mass is 32.2. The molecule has 6 heteroatoms. The lowest BCUT2D eigenvalue weighted by atomic mass is 9.92. The summed E-state index contributed by atoms with van der Waals surface area (Å²) >= 11 is 0. The smallest absolute Gasteiger partial charge is 0.307 e. The van der Waals surface area contributed by atoms with Crippen LogP contribution in [0.15, 0.2) is 42.5 Å². The van der Waals surface area contributed by atoms with Crippen LogP contribution in [0, 0.1) is 11.8 Å². The van der Waals surface area contributed by atoms with Crippen molar-refractivity contribution >= 4 is 26.8 Å². The van der Waals surface area contributed by atoms with Crippen molar-refractivity contribution in [1.29, 1.82) is 0 Å². The number of carboxylic acid groups (broad SMARTS) is 1. The van der Waals surface area contributed by atoms with E-state index in [0.717, 1.165) is 16.3 Å². The van der Waals surface area contributed by atoms with Crippen molar-refractivity contribution in [3.05, 3.63) is 48.0 Å². The summed E-state index contributed by atoms with van der Waals surface area (Å²) in [6.45, 7) is 2.35. The first-order valence-electron chi connectivity index (χ1n) is 8.03. The van der Waals surface area contributed by atoms with Gasteiger partial charge in [-0.1, -0.05) is 49.4 Å². The predicted molar refractivity (Wildman–Crippen MR) is 93.1 cm³/mol. The Morgan fingerprint density at radius 2 is 1.88 bits per heavy atom. The molecule has 2 aromatic carbocycles. The first-order valence-corrected chi connectivity index (χ1v) is 9.64. The Labute approximate surface area is 142 Å². The molecule has 0 spiro atoms. The molecule has 1 saturated heterocycles. The van der Waals surface area contributed by atoms with Crippen molar-refractivity contribution in [2.75, 3.05) is 13.1 Å². The maximum atomic E-state index is 12.7.